The molecule has 0 unspecified atom stereocenters. The third-order valence-corrected chi connectivity index (χ3v) is 11.7. The first-order chi connectivity index (χ1) is 28.1. The SMILES string of the molecule is C/C=C(/c1ccc(N(c2ccc(-c3ccc(-c4ccccc4)cc3)cc2)c2ccc(-c3cccc4c5c(oc34)C=CCC5)cc2)cc1)c1oc2c(c1C)CCC=C2. The highest BCUT2D eigenvalue weighted by Crippen LogP contribution is 2.41. The van der Waals surface area contributed by atoms with E-state index in [1.54, 1.807) is 0 Å². The molecule has 0 saturated heterocycles. The van der Waals surface area contributed by atoms with Crippen LogP contribution in [0.3, 0.4) is 0 Å². The Labute approximate surface area is 334 Å². The summed E-state index contributed by atoms with van der Waals surface area (Å²) in [7, 11) is 0. The van der Waals surface area contributed by atoms with Gasteiger partial charge < -0.3 is 13.7 Å². The predicted molar refractivity (Wildman–Crippen MR) is 238 cm³/mol. The molecule has 2 aliphatic rings. The first-order valence-electron chi connectivity index (χ1n) is 20.1. The Balaban J connectivity index is 1.00. The average Bonchev–Trinajstić information content (AvgIpc) is 3.83. The van der Waals surface area contributed by atoms with E-state index in [-0.39, 0.29) is 0 Å². The summed E-state index contributed by atoms with van der Waals surface area (Å²) in [6, 6.07) is 52.6. The number of nitrogens with zero attached hydrogens (tertiary/aromatic N) is 1. The molecule has 0 aliphatic heterocycles. The molecule has 0 fully saturated rings. The normalized spacial score (nSPS) is 13.5. The van der Waals surface area contributed by atoms with E-state index in [2.05, 4.69) is 195 Å². The van der Waals surface area contributed by atoms with E-state index in [1.165, 1.54) is 44.3 Å². The van der Waals surface area contributed by atoms with E-state index in [0.29, 0.717) is 0 Å². The Morgan fingerprint density at radius 1 is 0.526 bits per heavy atom. The molecule has 2 heterocycles. The fraction of sp³-hybridized carbons (Fsp3) is 0.111. The van der Waals surface area contributed by atoms with Gasteiger partial charge in [-0.1, -0.05) is 127 Å². The van der Waals surface area contributed by atoms with Crippen LogP contribution in [0.25, 0.3) is 62.1 Å². The molecule has 3 heteroatoms. The summed E-state index contributed by atoms with van der Waals surface area (Å²) < 4.78 is 12.9. The van der Waals surface area contributed by atoms with Crippen LogP contribution in [-0.2, 0) is 12.8 Å². The maximum atomic E-state index is 6.46. The lowest BCUT2D eigenvalue weighted by molar-refractivity contribution is 0.537. The highest BCUT2D eigenvalue weighted by Gasteiger charge is 2.22. The molecule has 0 bridgehead atoms. The van der Waals surface area contributed by atoms with Gasteiger partial charge in [-0.2, -0.15) is 0 Å². The molecule has 10 rings (SSSR count). The van der Waals surface area contributed by atoms with Crippen molar-refractivity contribution in [2.45, 2.75) is 39.5 Å². The number of anilines is 3. The second-order valence-electron chi connectivity index (χ2n) is 15.0. The molecule has 0 saturated carbocycles. The van der Waals surface area contributed by atoms with Gasteiger partial charge in [0.1, 0.15) is 22.9 Å². The Bertz CT molecular complexity index is 2810. The molecule has 0 radical (unpaired) electrons. The molecule has 0 amide bonds. The summed E-state index contributed by atoms with van der Waals surface area (Å²) in [5.74, 6) is 2.95. The highest BCUT2D eigenvalue weighted by atomic mass is 16.3. The van der Waals surface area contributed by atoms with E-state index < -0.39 is 0 Å². The Hall–Kier alpha value is -6.84. The van der Waals surface area contributed by atoms with E-state index in [9.17, 15) is 0 Å². The number of rotatable bonds is 8. The molecule has 0 spiro atoms. The van der Waals surface area contributed by atoms with Crippen LogP contribution in [-0.4, -0.2) is 0 Å². The van der Waals surface area contributed by atoms with Gasteiger partial charge >= 0.3 is 0 Å². The monoisotopic (exact) mass is 737 g/mol. The zero-order chi connectivity index (χ0) is 38.3. The zero-order valence-corrected chi connectivity index (χ0v) is 32.3. The van der Waals surface area contributed by atoms with Gasteiger partial charge in [0.15, 0.2) is 0 Å². The fourth-order valence-corrected chi connectivity index (χ4v) is 8.66. The van der Waals surface area contributed by atoms with Crippen molar-refractivity contribution < 1.29 is 8.83 Å². The molecule has 57 heavy (non-hydrogen) atoms. The van der Waals surface area contributed by atoms with Crippen molar-refractivity contribution in [3.63, 3.8) is 0 Å². The number of para-hydroxylation sites is 1. The standard InChI is InChI=1S/C54H43NO2/c1-3-46(53-36(2)47-14-7-9-18-51(47)56-53)41-26-32-44(33-27-41)55(43-30-24-40(25-31-43)39-22-20-38(21-23-39)37-12-5-4-6-13-37)45-34-28-42(29-35-45)48-16-11-17-50-49-15-8-10-19-52(49)57-54(48)50/h3-6,9-13,16-35H,7-8,14-15H2,1-2H3/b46-3-. The summed E-state index contributed by atoms with van der Waals surface area (Å²) >= 11 is 0. The van der Waals surface area contributed by atoms with Crippen molar-refractivity contribution in [1.29, 1.82) is 0 Å². The van der Waals surface area contributed by atoms with Crippen molar-refractivity contribution in [2.24, 2.45) is 0 Å². The van der Waals surface area contributed by atoms with Gasteiger partial charge in [0, 0.05) is 44.7 Å². The van der Waals surface area contributed by atoms with Gasteiger partial charge in [0.25, 0.3) is 0 Å². The van der Waals surface area contributed by atoms with Crippen molar-refractivity contribution in [3.05, 3.63) is 203 Å². The summed E-state index contributed by atoms with van der Waals surface area (Å²) in [5, 5.41) is 1.22. The number of furan rings is 2. The molecule has 8 aromatic rings. The fourth-order valence-electron chi connectivity index (χ4n) is 8.66. The lowest BCUT2D eigenvalue weighted by Gasteiger charge is -2.26. The maximum Gasteiger partial charge on any atom is 0.142 e. The first-order valence-corrected chi connectivity index (χ1v) is 20.1. The molecular formula is C54H43NO2. The number of fused-ring (bicyclic) bond motifs is 4. The molecule has 0 N–H and O–H groups in total. The highest BCUT2D eigenvalue weighted by molar-refractivity contribution is 5.97. The van der Waals surface area contributed by atoms with Gasteiger partial charge in [-0.05, 0) is 127 Å². The number of benzene rings is 6. The molecule has 0 atom stereocenters. The third-order valence-electron chi connectivity index (χ3n) is 11.7. The van der Waals surface area contributed by atoms with Crippen LogP contribution in [0.15, 0.2) is 173 Å². The molecule has 2 aliphatic carbocycles. The van der Waals surface area contributed by atoms with Crippen LogP contribution in [0.5, 0.6) is 0 Å². The van der Waals surface area contributed by atoms with Crippen LogP contribution in [0, 0.1) is 6.92 Å². The van der Waals surface area contributed by atoms with Crippen molar-refractivity contribution in [3.8, 4) is 33.4 Å². The van der Waals surface area contributed by atoms with Crippen LogP contribution in [0.4, 0.5) is 17.1 Å². The minimum absolute atomic E-state index is 0.963. The Morgan fingerprint density at radius 2 is 1.05 bits per heavy atom. The number of hydrogen-bond donors (Lipinski definition) is 0. The number of aryl methyl sites for hydroxylation is 1. The minimum atomic E-state index is 0.963. The summed E-state index contributed by atoms with van der Waals surface area (Å²) in [6.45, 7) is 4.29. The van der Waals surface area contributed by atoms with Gasteiger partial charge in [0.05, 0.1) is 0 Å². The van der Waals surface area contributed by atoms with E-state index in [4.69, 9.17) is 8.83 Å². The number of allylic oxidation sites excluding steroid dienone is 3. The molecular weight excluding hydrogens is 695 g/mol. The van der Waals surface area contributed by atoms with Crippen LogP contribution in [0.1, 0.15) is 59.3 Å². The maximum absolute atomic E-state index is 6.46. The third kappa shape index (κ3) is 6.36. The van der Waals surface area contributed by atoms with E-state index >= 15 is 0 Å². The Kier molecular flexibility index (Phi) is 8.91. The smallest absolute Gasteiger partial charge is 0.142 e. The largest absolute Gasteiger partial charge is 0.456 e. The zero-order valence-electron chi connectivity index (χ0n) is 32.3. The average molecular weight is 738 g/mol. The van der Waals surface area contributed by atoms with Crippen LogP contribution < -0.4 is 4.90 Å². The molecule has 276 valence electrons. The molecule has 6 aromatic carbocycles. The van der Waals surface area contributed by atoms with Gasteiger partial charge in [0.2, 0.25) is 0 Å². The first kappa shape index (κ1) is 34.6. The topological polar surface area (TPSA) is 29.5 Å². The van der Waals surface area contributed by atoms with Crippen molar-refractivity contribution in [1.82, 2.24) is 0 Å². The summed E-state index contributed by atoms with van der Waals surface area (Å²) in [6.07, 6.45) is 15.0. The second-order valence-corrected chi connectivity index (χ2v) is 15.0. The number of hydrogen-bond acceptors (Lipinski definition) is 3. The van der Waals surface area contributed by atoms with Crippen LogP contribution >= 0.6 is 0 Å². The van der Waals surface area contributed by atoms with Crippen molar-refractivity contribution >= 4 is 45.8 Å². The quantitative estimate of drug-likeness (QED) is 0.155. The van der Waals surface area contributed by atoms with E-state index in [0.717, 1.165) is 87.9 Å². The Morgan fingerprint density at radius 3 is 1.65 bits per heavy atom. The molecule has 3 nitrogen and oxygen atoms in total. The van der Waals surface area contributed by atoms with E-state index in [1.807, 2.05) is 0 Å². The van der Waals surface area contributed by atoms with Crippen LogP contribution in [0.2, 0.25) is 0 Å². The van der Waals surface area contributed by atoms with Gasteiger partial charge in [-0.15, -0.1) is 0 Å². The van der Waals surface area contributed by atoms with Crippen molar-refractivity contribution in [2.75, 3.05) is 4.90 Å². The molecule has 2 aromatic heterocycles. The lowest BCUT2D eigenvalue weighted by Crippen LogP contribution is -2.10. The minimum Gasteiger partial charge on any atom is -0.456 e. The lowest BCUT2D eigenvalue weighted by atomic mass is 9.95. The summed E-state index contributed by atoms with van der Waals surface area (Å²) in [4.78, 5) is 2.34. The predicted octanol–water partition coefficient (Wildman–Crippen LogP) is 15.2. The van der Waals surface area contributed by atoms with Gasteiger partial charge in [-0.3, -0.25) is 0 Å². The second kappa shape index (κ2) is 14.7. The van der Waals surface area contributed by atoms with Gasteiger partial charge in [-0.25, -0.2) is 0 Å². The summed E-state index contributed by atoms with van der Waals surface area (Å²) in [5.41, 5.74) is 17.4.